The number of rotatable bonds is 4. The molecule has 19 heavy (non-hydrogen) atoms. The minimum absolute atomic E-state index is 0.0876. The maximum absolute atomic E-state index is 11.6. The molecule has 1 aromatic carbocycles. The molecule has 102 valence electrons. The van der Waals surface area contributed by atoms with Crippen molar-refractivity contribution < 1.29 is 9.53 Å². The van der Waals surface area contributed by atoms with Crippen molar-refractivity contribution in [1.82, 2.24) is 4.57 Å². The van der Waals surface area contributed by atoms with Crippen LogP contribution in [0.15, 0.2) is 23.2 Å². The predicted octanol–water partition coefficient (Wildman–Crippen LogP) is 2.49. The van der Waals surface area contributed by atoms with Gasteiger partial charge in [0.25, 0.3) is 0 Å². The van der Waals surface area contributed by atoms with Crippen molar-refractivity contribution in [3.8, 4) is 0 Å². The molecule has 1 aromatic heterocycles. The molecule has 0 radical (unpaired) electrons. The fourth-order valence-electron chi connectivity index (χ4n) is 1.97. The Hall–Kier alpha value is -1.46. The number of para-hydroxylation sites is 1. The largest absolute Gasteiger partial charge is 0.383 e. The van der Waals surface area contributed by atoms with Crippen molar-refractivity contribution in [1.29, 1.82) is 0 Å². The molecule has 2 aromatic rings. The number of ether oxygens (including phenoxy) is 1. The number of methoxy groups -OCH3 is 1. The van der Waals surface area contributed by atoms with E-state index in [1.165, 1.54) is 5.56 Å². The summed E-state index contributed by atoms with van der Waals surface area (Å²) in [6.07, 6.45) is 0.428. The summed E-state index contributed by atoms with van der Waals surface area (Å²) in [4.78, 5) is 16.5. The highest BCUT2D eigenvalue weighted by molar-refractivity contribution is 7.16. The average Bonchev–Trinajstić information content (AvgIpc) is 2.75. The molecule has 0 atom stereocenters. The number of aryl methyl sites for hydroxylation is 1. The zero-order chi connectivity index (χ0) is 13.8. The van der Waals surface area contributed by atoms with Crippen molar-refractivity contribution in [2.45, 2.75) is 26.8 Å². The van der Waals surface area contributed by atoms with Crippen LogP contribution < -0.4 is 4.80 Å². The third kappa shape index (κ3) is 2.93. The predicted molar refractivity (Wildman–Crippen MR) is 77.3 cm³/mol. The first kappa shape index (κ1) is 14.0. The fourth-order valence-corrected chi connectivity index (χ4v) is 3.12. The molecule has 0 fully saturated rings. The van der Waals surface area contributed by atoms with Gasteiger partial charge in [-0.2, -0.15) is 4.99 Å². The van der Waals surface area contributed by atoms with Gasteiger partial charge in [0.1, 0.15) is 0 Å². The lowest BCUT2D eigenvalue weighted by Crippen LogP contribution is -2.19. The van der Waals surface area contributed by atoms with Crippen LogP contribution in [0.3, 0.4) is 0 Å². The van der Waals surface area contributed by atoms with E-state index in [2.05, 4.69) is 28.6 Å². The SMILES string of the molecule is CCC(=O)N=c1sc2cccc(C)c2n1CCOC. The summed E-state index contributed by atoms with van der Waals surface area (Å²) in [6, 6.07) is 6.16. The van der Waals surface area contributed by atoms with E-state index in [0.717, 1.165) is 15.0 Å². The first-order valence-corrected chi connectivity index (χ1v) is 7.14. The summed E-state index contributed by atoms with van der Waals surface area (Å²) >= 11 is 1.55. The minimum atomic E-state index is -0.0876. The quantitative estimate of drug-likeness (QED) is 0.862. The molecule has 0 bridgehead atoms. The molecule has 5 heteroatoms. The summed E-state index contributed by atoms with van der Waals surface area (Å²) in [5.41, 5.74) is 2.34. The molecule has 0 aliphatic heterocycles. The fraction of sp³-hybridized carbons (Fsp3) is 0.429. The van der Waals surface area contributed by atoms with Crippen LogP contribution in [0.25, 0.3) is 10.2 Å². The monoisotopic (exact) mass is 278 g/mol. The van der Waals surface area contributed by atoms with Gasteiger partial charge in [0.05, 0.1) is 16.8 Å². The molecule has 2 rings (SSSR count). The van der Waals surface area contributed by atoms with Gasteiger partial charge in [-0.15, -0.1) is 0 Å². The van der Waals surface area contributed by atoms with Gasteiger partial charge in [-0.25, -0.2) is 0 Å². The van der Waals surface area contributed by atoms with Gasteiger partial charge < -0.3 is 9.30 Å². The lowest BCUT2D eigenvalue weighted by atomic mass is 10.2. The number of thiazole rings is 1. The second kappa shape index (κ2) is 6.12. The number of nitrogens with zero attached hydrogens (tertiary/aromatic N) is 2. The highest BCUT2D eigenvalue weighted by Crippen LogP contribution is 2.20. The van der Waals surface area contributed by atoms with Gasteiger partial charge in [0, 0.05) is 20.1 Å². The number of benzene rings is 1. The number of carbonyl (C=O) groups is 1. The van der Waals surface area contributed by atoms with Crippen LogP contribution in [0, 0.1) is 6.92 Å². The standard InChI is InChI=1S/C14H18N2O2S/c1-4-12(17)15-14-16(8-9-18-3)13-10(2)6-5-7-11(13)19-14/h5-7H,4,8-9H2,1-3H3. The third-order valence-corrected chi connectivity index (χ3v) is 3.99. The lowest BCUT2D eigenvalue weighted by Gasteiger charge is -2.06. The van der Waals surface area contributed by atoms with Crippen LogP contribution in [0.2, 0.25) is 0 Å². The molecule has 0 unspecified atom stereocenters. The van der Waals surface area contributed by atoms with Crippen LogP contribution in [0.1, 0.15) is 18.9 Å². The summed E-state index contributed by atoms with van der Waals surface area (Å²) in [5, 5.41) is 0. The van der Waals surface area contributed by atoms with Gasteiger partial charge in [-0.1, -0.05) is 30.4 Å². The van der Waals surface area contributed by atoms with Crippen LogP contribution in [0.4, 0.5) is 0 Å². The molecular weight excluding hydrogens is 260 g/mol. The highest BCUT2D eigenvalue weighted by Gasteiger charge is 2.09. The van der Waals surface area contributed by atoms with Gasteiger partial charge in [-0.05, 0) is 18.6 Å². The zero-order valence-electron chi connectivity index (χ0n) is 11.5. The Kier molecular flexibility index (Phi) is 4.50. The zero-order valence-corrected chi connectivity index (χ0v) is 12.3. The lowest BCUT2D eigenvalue weighted by molar-refractivity contribution is -0.117. The van der Waals surface area contributed by atoms with E-state index in [4.69, 9.17) is 4.74 Å². The Labute approximate surface area is 116 Å². The number of carbonyl (C=O) groups excluding carboxylic acids is 1. The molecule has 0 saturated heterocycles. The smallest absolute Gasteiger partial charge is 0.248 e. The van der Waals surface area contributed by atoms with E-state index < -0.39 is 0 Å². The number of amides is 1. The maximum Gasteiger partial charge on any atom is 0.248 e. The van der Waals surface area contributed by atoms with Gasteiger partial charge in [-0.3, -0.25) is 4.79 Å². The van der Waals surface area contributed by atoms with E-state index in [0.29, 0.717) is 19.6 Å². The van der Waals surface area contributed by atoms with Crippen LogP contribution in [-0.2, 0) is 16.1 Å². The summed E-state index contributed by atoms with van der Waals surface area (Å²) < 4.78 is 8.37. The Bertz CT molecular complexity index is 655. The molecule has 4 nitrogen and oxygen atoms in total. The van der Waals surface area contributed by atoms with Crippen molar-refractivity contribution in [2.75, 3.05) is 13.7 Å². The van der Waals surface area contributed by atoms with Crippen molar-refractivity contribution in [3.05, 3.63) is 28.6 Å². The first-order valence-electron chi connectivity index (χ1n) is 6.32. The van der Waals surface area contributed by atoms with Crippen molar-refractivity contribution in [2.24, 2.45) is 4.99 Å². The molecule has 1 amide bonds. The molecule has 0 aliphatic carbocycles. The van der Waals surface area contributed by atoms with Crippen molar-refractivity contribution in [3.63, 3.8) is 0 Å². The second-order valence-corrected chi connectivity index (χ2v) is 5.32. The van der Waals surface area contributed by atoms with E-state index in [1.807, 2.05) is 13.0 Å². The summed E-state index contributed by atoms with van der Waals surface area (Å²) in [5.74, 6) is -0.0876. The van der Waals surface area contributed by atoms with E-state index in [9.17, 15) is 4.79 Å². The van der Waals surface area contributed by atoms with Gasteiger partial charge in [0.2, 0.25) is 5.91 Å². The summed E-state index contributed by atoms with van der Waals surface area (Å²) in [6.45, 7) is 5.21. The Balaban J connectivity index is 2.65. The van der Waals surface area contributed by atoms with Crippen LogP contribution in [0.5, 0.6) is 0 Å². The summed E-state index contributed by atoms with van der Waals surface area (Å²) in [7, 11) is 1.68. The van der Waals surface area contributed by atoms with E-state index in [1.54, 1.807) is 18.4 Å². The molecule has 1 heterocycles. The number of aromatic nitrogens is 1. The van der Waals surface area contributed by atoms with Gasteiger partial charge in [0.15, 0.2) is 4.80 Å². The molecule has 0 saturated carbocycles. The third-order valence-electron chi connectivity index (χ3n) is 2.94. The Morgan fingerprint density at radius 1 is 1.47 bits per heavy atom. The Morgan fingerprint density at radius 3 is 2.95 bits per heavy atom. The number of fused-ring (bicyclic) bond motifs is 1. The first-order chi connectivity index (χ1) is 9.17. The average molecular weight is 278 g/mol. The maximum atomic E-state index is 11.6. The number of hydrogen-bond donors (Lipinski definition) is 0. The number of hydrogen-bond acceptors (Lipinski definition) is 3. The van der Waals surface area contributed by atoms with Crippen LogP contribution >= 0.6 is 11.3 Å². The minimum Gasteiger partial charge on any atom is -0.383 e. The normalized spacial score (nSPS) is 12.3. The van der Waals surface area contributed by atoms with Crippen molar-refractivity contribution >= 4 is 27.5 Å². The molecule has 0 N–H and O–H groups in total. The molecule has 0 aliphatic rings. The topological polar surface area (TPSA) is 43.6 Å². The van der Waals surface area contributed by atoms with Gasteiger partial charge >= 0.3 is 0 Å². The molecule has 0 spiro atoms. The Morgan fingerprint density at radius 2 is 2.26 bits per heavy atom. The highest BCUT2D eigenvalue weighted by atomic mass is 32.1. The van der Waals surface area contributed by atoms with Crippen LogP contribution in [-0.4, -0.2) is 24.2 Å². The molecular formula is C14H18N2O2S. The van der Waals surface area contributed by atoms with E-state index in [-0.39, 0.29) is 5.91 Å². The second-order valence-electron chi connectivity index (χ2n) is 4.31. The van der Waals surface area contributed by atoms with E-state index >= 15 is 0 Å².